The summed E-state index contributed by atoms with van der Waals surface area (Å²) in [6, 6.07) is 0. The van der Waals surface area contributed by atoms with Crippen LogP contribution in [0.3, 0.4) is 0 Å². The van der Waals surface area contributed by atoms with Crippen LogP contribution in [0.5, 0.6) is 11.8 Å². The van der Waals surface area contributed by atoms with Crippen molar-refractivity contribution in [2.45, 2.75) is 49.6 Å². The van der Waals surface area contributed by atoms with Gasteiger partial charge in [0.2, 0.25) is 27.7 Å². The van der Waals surface area contributed by atoms with E-state index in [-0.39, 0.29) is 48.0 Å². The second-order valence-electron chi connectivity index (χ2n) is 8.74. The van der Waals surface area contributed by atoms with Crippen LogP contribution < -0.4 is 14.2 Å². The molecule has 3 heterocycles. The molecule has 4 rings (SSSR count). The van der Waals surface area contributed by atoms with Gasteiger partial charge in [0.1, 0.15) is 29.2 Å². The summed E-state index contributed by atoms with van der Waals surface area (Å²) in [5.41, 5.74) is -1.21. The topological polar surface area (TPSA) is 156 Å². The van der Waals surface area contributed by atoms with E-state index >= 15 is 0 Å². The summed E-state index contributed by atoms with van der Waals surface area (Å²) in [5, 5.41) is 7.38. The second kappa shape index (κ2) is 10.3. The molecule has 200 valence electrons. The quantitative estimate of drug-likeness (QED) is 0.391. The molecular formula is C21H26ClFN8O5S. The molecule has 1 fully saturated rings. The number of rotatable bonds is 10. The molecule has 0 unspecified atom stereocenters. The first-order chi connectivity index (χ1) is 17.5. The van der Waals surface area contributed by atoms with E-state index in [9.17, 15) is 12.8 Å². The highest BCUT2D eigenvalue weighted by Gasteiger charge is 2.45. The molecule has 16 heteroatoms. The van der Waals surface area contributed by atoms with Crippen LogP contribution >= 0.6 is 11.6 Å². The Labute approximate surface area is 217 Å². The Kier molecular flexibility index (Phi) is 7.48. The zero-order chi connectivity index (χ0) is 27.0. The van der Waals surface area contributed by atoms with E-state index in [2.05, 4.69) is 34.9 Å². The minimum atomic E-state index is -4.18. The van der Waals surface area contributed by atoms with Crippen molar-refractivity contribution >= 4 is 27.6 Å². The SMILES string of the molecule is COc1ncnc(OC)c1-n1c(NS(=O)(=O)[C@@H](C)[C@H](OC)c2ncc(Cl)cn2)nnc1[C@H]1C[C@@](C)(F)C1. The minimum Gasteiger partial charge on any atom is -0.479 e. The van der Waals surface area contributed by atoms with E-state index < -0.39 is 27.0 Å². The molecule has 3 aromatic rings. The van der Waals surface area contributed by atoms with Crippen LogP contribution in [0.2, 0.25) is 5.02 Å². The molecule has 1 aliphatic rings. The monoisotopic (exact) mass is 556 g/mol. The molecule has 37 heavy (non-hydrogen) atoms. The van der Waals surface area contributed by atoms with Gasteiger partial charge in [-0.1, -0.05) is 11.6 Å². The fourth-order valence-corrected chi connectivity index (χ4v) is 5.42. The van der Waals surface area contributed by atoms with E-state index in [1.54, 1.807) is 0 Å². The van der Waals surface area contributed by atoms with Gasteiger partial charge in [0.25, 0.3) is 0 Å². The van der Waals surface area contributed by atoms with Crippen LogP contribution in [-0.2, 0) is 14.8 Å². The molecule has 13 nitrogen and oxygen atoms in total. The van der Waals surface area contributed by atoms with Crippen molar-refractivity contribution in [2.24, 2.45) is 0 Å². The smallest absolute Gasteiger partial charge is 0.245 e. The fraction of sp³-hybridized carbons (Fsp3) is 0.524. The van der Waals surface area contributed by atoms with Crippen molar-refractivity contribution < 1.29 is 27.0 Å². The number of halogens is 2. The fourth-order valence-electron chi connectivity index (χ4n) is 4.19. The Morgan fingerprint density at radius 3 is 2.22 bits per heavy atom. The van der Waals surface area contributed by atoms with Gasteiger partial charge in [-0.15, -0.1) is 10.2 Å². The number of methoxy groups -OCH3 is 3. The number of aromatic nitrogens is 7. The van der Waals surface area contributed by atoms with Gasteiger partial charge >= 0.3 is 0 Å². The molecule has 2 atom stereocenters. The third kappa shape index (κ3) is 5.29. The van der Waals surface area contributed by atoms with Crippen LogP contribution in [0.15, 0.2) is 18.7 Å². The normalized spacial score (nSPS) is 21.1. The summed E-state index contributed by atoms with van der Waals surface area (Å²) >= 11 is 5.86. The maximum atomic E-state index is 14.4. The molecular weight excluding hydrogens is 531 g/mol. The Bertz CT molecular complexity index is 1340. The number of ether oxygens (including phenoxy) is 3. The number of hydrogen-bond acceptors (Lipinski definition) is 11. The summed E-state index contributed by atoms with van der Waals surface area (Å²) in [6.07, 6.45) is 3.23. The van der Waals surface area contributed by atoms with Crippen LogP contribution in [0.1, 0.15) is 50.4 Å². The van der Waals surface area contributed by atoms with E-state index in [1.807, 2.05) is 0 Å². The van der Waals surface area contributed by atoms with Gasteiger partial charge in [-0.3, -0.25) is 9.29 Å². The lowest BCUT2D eigenvalue weighted by Crippen LogP contribution is -2.37. The van der Waals surface area contributed by atoms with Crippen LogP contribution in [0.25, 0.3) is 5.69 Å². The molecule has 0 spiro atoms. The van der Waals surface area contributed by atoms with Crippen molar-refractivity contribution in [3.05, 3.63) is 35.4 Å². The van der Waals surface area contributed by atoms with Crippen LogP contribution in [0.4, 0.5) is 10.3 Å². The number of alkyl halides is 1. The lowest BCUT2D eigenvalue weighted by molar-refractivity contribution is 0.0575. The van der Waals surface area contributed by atoms with Gasteiger partial charge in [0, 0.05) is 25.4 Å². The van der Waals surface area contributed by atoms with Gasteiger partial charge < -0.3 is 14.2 Å². The number of hydrogen-bond donors (Lipinski definition) is 1. The van der Waals surface area contributed by atoms with E-state index in [4.69, 9.17) is 25.8 Å². The Balaban J connectivity index is 1.77. The lowest BCUT2D eigenvalue weighted by Gasteiger charge is -2.38. The van der Waals surface area contributed by atoms with E-state index in [0.717, 1.165) is 0 Å². The summed E-state index contributed by atoms with van der Waals surface area (Å²) in [5.74, 6) is 0.0512. The third-order valence-electron chi connectivity index (χ3n) is 6.06. The van der Waals surface area contributed by atoms with Crippen molar-refractivity contribution in [3.63, 3.8) is 0 Å². The van der Waals surface area contributed by atoms with Gasteiger partial charge in [0.15, 0.2) is 11.5 Å². The zero-order valence-corrected chi connectivity index (χ0v) is 22.3. The maximum Gasteiger partial charge on any atom is 0.245 e. The first-order valence-corrected chi connectivity index (χ1v) is 13.0. The average molecular weight is 557 g/mol. The maximum absolute atomic E-state index is 14.4. The van der Waals surface area contributed by atoms with E-state index in [1.165, 1.54) is 58.5 Å². The molecule has 3 aromatic heterocycles. The lowest BCUT2D eigenvalue weighted by atomic mass is 9.73. The number of nitrogens with one attached hydrogen (secondary N) is 1. The summed E-state index contributed by atoms with van der Waals surface area (Å²) in [7, 11) is -0.0654. The van der Waals surface area contributed by atoms with Crippen LogP contribution in [-0.4, -0.2) is 75.4 Å². The third-order valence-corrected chi connectivity index (χ3v) is 7.95. The predicted octanol–water partition coefficient (Wildman–Crippen LogP) is 2.64. The molecule has 0 amide bonds. The van der Waals surface area contributed by atoms with E-state index in [0.29, 0.717) is 10.8 Å². The highest BCUT2D eigenvalue weighted by Crippen LogP contribution is 2.48. The van der Waals surface area contributed by atoms with Gasteiger partial charge in [-0.25, -0.2) is 22.8 Å². The molecule has 0 aromatic carbocycles. The average Bonchev–Trinajstić information content (AvgIpc) is 3.25. The number of nitrogens with zero attached hydrogens (tertiary/aromatic N) is 7. The van der Waals surface area contributed by atoms with Crippen molar-refractivity contribution in [2.75, 3.05) is 26.1 Å². The second-order valence-corrected chi connectivity index (χ2v) is 11.2. The minimum absolute atomic E-state index is 0.0769. The summed E-state index contributed by atoms with van der Waals surface area (Å²) in [4.78, 5) is 16.4. The Morgan fingerprint density at radius 1 is 1.11 bits per heavy atom. The summed E-state index contributed by atoms with van der Waals surface area (Å²) in [6.45, 7) is 2.93. The Hall–Kier alpha value is -3.17. The van der Waals surface area contributed by atoms with Crippen molar-refractivity contribution in [1.82, 2.24) is 34.7 Å². The Morgan fingerprint density at radius 2 is 1.70 bits per heavy atom. The molecule has 0 bridgehead atoms. The zero-order valence-electron chi connectivity index (χ0n) is 20.7. The predicted molar refractivity (Wildman–Crippen MR) is 130 cm³/mol. The highest BCUT2D eigenvalue weighted by molar-refractivity contribution is 7.93. The number of sulfonamides is 1. The van der Waals surface area contributed by atoms with Gasteiger partial charge in [-0.2, -0.15) is 9.97 Å². The number of anilines is 1. The highest BCUT2D eigenvalue weighted by atomic mass is 35.5. The van der Waals surface area contributed by atoms with Gasteiger partial charge in [-0.05, 0) is 26.7 Å². The first-order valence-electron chi connectivity index (χ1n) is 11.1. The molecule has 0 aliphatic heterocycles. The molecule has 0 radical (unpaired) electrons. The largest absolute Gasteiger partial charge is 0.479 e. The first kappa shape index (κ1) is 26.9. The molecule has 1 aliphatic carbocycles. The van der Waals surface area contributed by atoms with Crippen LogP contribution in [0, 0.1) is 0 Å². The molecule has 1 saturated carbocycles. The standard InChI is InChI=1S/C21H26ClFN8O5S/c1-11(15(34-3)16-24-8-13(22)9-25-16)37(32,33)30-20-29-28-17(12-6-21(2,23)7-12)31(20)14-18(35-4)26-10-27-19(14)36-5/h8-12,15H,6-7H2,1-5H3,(H,29,30)/t11-,12-,15-,21+/m0/s1. The van der Waals surface area contributed by atoms with Crippen molar-refractivity contribution in [3.8, 4) is 17.4 Å². The summed E-state index contributed by atoms with van der Waals surface area (Å²) < 4.78 is 61.4. The van der Waals surface area contributed by atoms with Gasteiger partial charge in [0.05, 0.1) is 19.2 Å². The molecule has 1 N–H and O–H groups in total. The molecule has 0 saturated heterocycles. The van der Waals surface area contributed by atoms with Crippen molar-refractivity contribution in [1.29, 1.82) is 0 Å².